The largest absolute Gasteiger partial charge is 0.496 e. The number of rotatable bonds is 12. The molecule has 1 amide bonds. The van der Waals surface area contributed by atoms with Crippen LogP contribution in [0.5, 0.6) is 11.5 Å². The quantitative estimate of drug-likeness (QED) is 0.534. The Labute approximate surface area is 189 Å². The molecule has 2 aromatic carbocycles. The molecule has 0 radical (unpaired) electrons. The first-order chi connectivity index (χ1) is 15.2. The van der Waals surface area contributed by atoms with Crippen molar-refractivity contribution in [1.82, 2.24) is 4.90 Å². The van der Waals surface area contributed by atoms with Crippen LogP contribution in [0.1, 0.15) is 41.8 Å². The molecule has 0 saturated heterocycles. The van der Waals surface area contributed by atoms with Crippen LogP contribution in [0.3, 0.4) is 0 Å². The van der Waals surface area contributed by atoms with Gasteiger partial charge >= 0.3 is 5.97 Å². The van der Waals surface area contributed by atoms with E-state index in [0.29, 0.717) is 23.6 Å². The van der Waals surface area contributed by atoms with Crippen molar-refractivity contribution in [2.24, 2.45) is 0 Å². The van der Waals surface area contributed by atoms with Crippen LogP contribution in [-0.2, 0) is 16.0 Å². The van der Waals surface area contributed by atoms with Crippen molar-refractivity contribution in [3.05, 3.63) is 59.2 Å². The second-order valence-electron chi connectivity index (χ2n) is 8.05. The van der Waals surface area contributed by atoms with Gasteiger partial charge in [-0.1, -0.05) is 30.3 Å². The summed E-state index contributed by atoms with van der Waals surface area (Å²) >= 11 is 0. The molecule has 32 heavy (non-hydrogen) atoms. The van der Waals surface area contributed by atoms with E-state index in [4.69, 9.17) is 14.2 Å². The third-order valence-corrected chi connectivity index (χ3v) is 5.36. The Balaban J connectivity index is 2.18. The highest BCUT2D eigenvalue weighted by Gasteiger charge is 2.28. The number of hydrogen-bond acceptors (Lipinski definition) is 5. The van der Waals surface area contributed by atoms with Crippen molar-refractivity contribution in [1.29, 1.82) is 0 Å². The van der Waals surface area contributed by atoms with Crippen molar-refractivity contribution < 1.29 is 28.9 Å². The van der Waals surface area contributed by atoms with Gasteiger partial charge in [-0.05, 0) is 51.3 Å². The Kier molecular flexibility index (Phi) is 9.08. The lowest BCUT2D eigenvalue weighted by atomic mass is 10.1. The highest BCUT2D eigenvalue weighted by atomic mass is 16.5. The van der Waals surface area contributed by atoms with Crippen LogP contribution < -0.4 is 9.47 Å². The molecule has 0 heterocycles. The summed E-state index contributed by atoms with van der Waals surface area (Å²) in [6, 6.07) is 13.5. The van der Waals surface area contributed by atoms with E-state index in [1.165, 1.54) is 19.4 Å². The average molecular weight is 444 g/mol. The number of nitrogens with zero attached hydrogens (tertiary/aromatic N) is 1. The van der Waals surface area contributed by atoms with Gasteiger partial charge in [0.2, 0.25) is 0 Å². The molecule has 0 atom stereocenters. The summed E-state index contributed by atoms with van der Waals surface area (Å²) < 4.78 is 16.4. The van der Waals surface area contributed by atoms with Crippen molar-refractivity contribution in [2.45, 2.75) is 39.2 Å². The number of carboxylic acids is 1. The lowest BCUT2D eigenvalue weighted by molar-refractivity contribution is -0.161. The topological polar surface area (TPSA) is 85.3 Å². The summed E-state index contributed by atoms with van der Waals surface area (Å²) in [6.45, 7) is 5.73. The standard InChI is InChI=1S/C25H33NO6/c1-18-21(30-4)16-20(17-22(18)31-5)23(27)26(14-15-32-25(2,3)24(28)29)13-9-12-19-10-7-6-8-11-19/h6-8,10-11,16-17H,9,12-15H2,1-5H3,(H,28,29). The maximum absolute atomic E-state index is 13.4. The second-order valence-corrected chi connectivity index (χ2v) is 8.05. The minimum absolute atomic E-state index is 0.108. The third-order valence-electron chi connectivity index (χ3n) is 5.36. The van der Waals surface area contributed by atoms with Crippen molar-refractivity contribution in [3.63, 3.8) is 0 Å². The molecule has 0 aromatic heterocycles. The summed E-state index contributed by atoms with van der Waals surface area (Å²) in [7, 11) is 3.10. The molecule has 7 heteroatoms. The smallest absolute Gasteiger partial charge is 0.335 e. The number of carboxylic acid groups (broad SMARTS) is 1. The fourth-order valence-corrected chi connectivity index (χ4v) is 3.30. The van der Waals surface area contributed by atoms with E-state index in [1.807, 2.05) is 25.1 Å². The first-order valence-corrected chi connectivity index (χ1v) is 10.6. The van der Waals surface area contributed by atoms with Gasteiger partial charge in [0, 0.05) is 24.2 Å². The Morgan fingerprint density at radius 3 is 2.12 bits per heavy atom. The molecule has 0 saturated carbocycles. The number of methoxy groups -OCH3 is 2. The maximum Gasteiger partial charge on any atom is 0.335 e. The van der Waals surface area contributed by atoms with E-state index in [0.717, 1.165) is 18.4 Å². The maximum atomic E-state index is 13.4. The number of benzene rings is 2. The molecule has 174 valence electrons. The van der Waals surface area contributed by atoms with Gasteiger partial charge in [-0.25, -0.2) is 4.79 Å². The van der Waals surface area contributed by atoms with Gasteiger partial charge in [0.05, 0.1) is 20.8 Å². The molecule has 0 aliphatic heterocycles. The van der Waals surface area contributed by atoms with E-state index < -0.39 is 11.6 Å². The predicted octanol–water partition coefficient (Wildman–Crippen LogP) is 3.97. The van der Waals surface area contributed by atoms with Crippen LogP contribution >= 0.6 is 0 Å². The number of carbonyl (C=O) groups excluding carboxylic acids is 1. The zero-order valence-electron chi connectivity index (χ0n) is 19.5. The third kappa shape index (κ3) is 6.72. The van der Waals surface area contributed by atoms with Gasteiger partial charge in [0.25, 0.3) is 5.91 Å². The normalized spacial score (nSPS) is 11.2. The lowest BCUT2D eigenvalue weighted by Gasteiger charge is -2.26. The molecular formula is C25H33NO6. The van der Waals surface area contributed by atoms with Crippen molar-refractivity contribution in [3.8, 4) is 11.5 Å². The number of amides is 1. The monoisotopic (exact) mass is 443 g/mol. The van der Waals surface area contributed by atoms with Crippen LogP contribution in [0.4, 0.5) is 0 Å². The van der Waals surface area contributed by atoms with E-state index in [-0.39, 0.29) is 19.1 Å². The Morgan fingerprint density at radius 2 is 1.59 bits per heavy atom. The molecule has 2 rings (SSSR count). The minimum atomic E-state index is -1.32. The summed E-state index contributed by atoms with van der Waals surface area (Å²) in [5.74, 6) is -0.0979. The highest BCUT2D eigenvalue weighted by Crippen LogP contribution is 2.30. The highest BCUT2D eigenvalue weighted by molar-refractivity contribution is 5.95. The fraction of sp³-hybridized carbons (Fsp3) is 0.440. The lowest BCUT2D eigenvalue weighted by Crippen LogP contribution is -2.40. The molecular weight excluding hydrogens is 410 g/mol. The number of aliphatic carboxylic acids is 1. The molecule has 0 aliphatic rings. The molecule has 1 N–H and O–H groups in total. The molecule has 0 unspecified atom stereocenters. The van der Waals surface area contributed by atoms with Crippen LogP contribution in [-0.4, -0.2) is 61.4 Å². The zero-order chi connectivity index (χ0) is 23.7. The van der Waals surface area contributed by atoms with Gasteiger partial charge in [-0.2, -0.15) is 0 Å². The molecule has 0 aliphatic carbocycles. The number of carbonyl (C=O) groups is 2. The summed E-state index contributed by atoms with van der Waals surface area (Å²) in [5, 5.41) is 9.27. The zero-order valence-corrected chi connectivity index (χ0v) is 19.5. The number of aryl methyl sites for hydroxylation is 1. The van der Waals surface area contributed by atoms with Crippen LogP contribution in [0, 0.1) is 6.92 Å². The molecule has 0 bridgehead atoms. The van der Waals surface area contributed by atoms with Gasteiger partial charge < -0.3 is 24.2 Å². The average Bonchev–Trinajstić information content (AvgIpc) is 2.78. The number of hydrogen-bond donors (Lipinski definition) is 1. The first-order valence-electron chi connectivity index (χ1n) is 10.6. The molecule has 0 spiro atoms. The van der Waals surface area contributed by atoms with E-state index in [9.17, 15) is 14.7 Å². The van der Waals surface area contributed by atoms with Crippen LogP contribution in [0.2, 0.25) is 0 Å². The van der Waals surface area contributed by atoms with Gasteiger partial charge in [-0.3, -0.25) is 4.79 Å². The molecule has 0 fully saturated rings. The first kappa shape index (κ1) is 25.2. The summed E-state index contributed by atoms with van der Waals surface area (Å²) in [5.41, 5.74) is 1.13. The molecule has 7 nitrogen and oxygen atoms in total. The SMILES string of the molecule is COc1cc(C(=O)N(CCCc2ccccc2)CCOC(C)(C)C(=O)O)cc(OC)c1C. The Hall–Kier alpha value is -3.06. The fourth-order valence-electron chi connectivity index (χ4n) is 3.30. The second kappa shape index (κ2) is 11.5. The van der Waals surface area contributed by atoms with E-state index in [2.05, 4.69) is 12.1 Å². The summed E-state index contributed by atoms with van der Waals surface area (Å²) in [4.78, 5) is 26.4. The van der Waals surface area contributed by atoms with E-state index >= 15 is 0 Å². The van der Waals surface area contributed by atoms with Gasteiger partial charge in [-0.15, -0.1) is 0 Å². The summed E-state index contributed by atoms with van der Waals surface area (Å²) in [6.07, 6.45) is 1.59. The van der Waals surface area contributed by atoms with Crippen LogP contribution in [0.25, 0.3) is 0 Å². The Bertz CT molecular complexity index is 885. The number of ether oxygens (including phenoxy) is 3. The van der Waals surface area contributed by atoms with Crippen molar-refractivity contribution in [2.75, 3.05) is 33.9 Å². The minimum Gasteiger partial charge on any atom is -0.496 e. The van der Waals surface area contributed by atoms with Crippen molar-refractivity contribution >= 4 is 11.9 Å². The van der Waals surface area contributed by atoms with E-state index in [1.54, 1.807) is 31.3 Å². The van der Waals surface area contributed by atoms with Gasteiger partial charge in [0.15, 0.2) is 5.60 Å². The predicted molar refractivity (Wildman–Crippen MR) is 123 cm³/mol. The van der Waals surface area contributed by atoms with Gasteiger partial charge in [0.1, 0.15) is 11.5 Å². The molecule has 2 aromatic rings. The van der Waals surface area contributed by atoms with Crippen LogP contribution in [0.15, 0.2) is 42.5 Å². The Morgan fingerprint density at radius 1 is 1.00 bits per heavy atom.